The van der Waals surface area contributed by atoms with Crippen LogP contribution in [-0.4, -0.2) is 37.6 Å². The van der Waals surface area contributed by atoms with Crippen LogP contribution in [0.1, 0.15) is 19.3 Å². The Balaban J connectivity index is 1.87. The highest BCUT2D eigenvalue weighted by atomic mass is 32.2. The molecule has 2 aromatic heterocycles. The van der Waals surface area contributed by atoms with Crippen LogP contribution in [0, 0.1) is 0 Å². The van der Waals surface area contributed by atoms with Crippen LogP contribution in [0.15, 0.2) is 22.7 Å². The summed E-state index contributed by atoms with van der Waals surface area (Å²) < 4.78 is 1.92. The van der Waals surface area contributed by atoms with E-state index in [1.165, 1.54) is 31.0 Å². The number of nitrogens with zero attached hydrogens (tertiary/aromatic N) is 6. The number of piperidine rings is 1. The molecule has 0 amide bonds. The van der Waals surface area contributed by atoms with Gasteiger partial charge in [-0.25, -0.2) is 10.8 Å². The van der Waals surface area contributed by atoms with Gasteiger partial charge in [0.25, 0.3) is 0 Å². The lowest BCUT2D eigenvalue weighted by Crippen LogP contribution is -2.31. The minimum Gasteiger partial charge on any atom is -0.341 e. The summed E-state index contributed by atoms with van der Waals surface area (Å²) in [6, 6.07) is 0. The van der Waals surface area contributed by atoms with Crippen molar-refractivity contribution in [3.05, 3.63) is 12.4 Å². The van der Waals surface area contributed by atoms with Crippen molar-refractivity contribution in [2.24, 2.45) is 12.9 Å². The van der Waals surface area contributed by atoms with Crippen molar-refractivity contribution < 1.29 is 0 Å². The zero-order valence-electron chi connectivity index (χ0n) is 11.9. The van der Waals surface area contributed by atoms with E-state index in [1.807, 2.05) is 17.8 Å². The molecule has 0 atom stereocenters. The molecule has 1 aliphatic heterocycles. The van der Waals surface area contributed by atoms with E-state index in [1.54, 1.807) is 6.20 Å². The largest absolute Gasteiger partial charge is 0.341 e. The Kier molecular flexibility index (Phi) is 4.20. The second-order valence-electron chi connectivity index (χ2n) is 4.86. The van der Waals surface area contributed by atoms with Crippen molar-refractivity contribution in [2.75, 3.05) is 23.4 Å². The second-order valence-corrected chi connectivity index (χ2v) is 5.79. The van der Waals surface area contributed by atoms with Crippen LogP contribution in [0.4, 0.5) is 11.9 Å². The number of nitrogens with one attached hydrogen (secondary N) is 1. The highest BCUT2D eigenvalue weighted by molar-refractivity contribution is 7.99. The third-order valence-electron chi connectivity index (χ3n) is 3.33. The van der Waals surface area contributed by atoms with E-state index >= 15 is 0 Å². The van der Waals surface area contributed by atoms with E-state index in [4.69, 9.17) is 5.84 Å². The molecule has 2 aromatic rings. The normalized spacial score (nSPS) is 15.2. The molecule has 0 radical (unpaired) electrons. The summed E-state index contributed by atoms with van der Waals surface area (Å²) >= 11 is 1.40. The number of hydrogen-bond donors (Lipinski definition) is 2. The maximum absolute atomic E-state index is 5.47. The summed E-state index contributed by atoms with van der Waals surface area (Å²) in [5.41, 5.74) is 2.51. The number of hydrazine groups is 1. The lowest BCUT2D eigenvalue weighted by molar-refractivity contribution is 0.565. The van der Waals surface area contributed by atoms with Crippen LogP contribution in [0.25, 0.3) is 0 Å². The third kappa shape index (κ3) is 3.24. The Morgan fingerprint density at radius 1 is 1.19 bits per heavy atom. The van der Waals surface area contributed by atoms with Crippen molar-refractivity contribution in [3.63, 3.8) is 0 Å². The van der Waals surface area contributed by atoms with E-state index in [9.17, 15) is 0 Å². The number of anilines is 2. The van der Waals surface area contributed by atoms with E-state index in [0.29, 0.717) is 17.1 Å². The molecule has 112 valence electrons. The maximum Gasteiger partial charge on any atom is 0.242 e. The molecule has 0 saturated carbocycles. The molecule has 1 saturated heterocycles. The number of rotatable bonds is 4. The molecule has 1 aliphatic rings. The van der Waals surface area contributed by atoms with Gasteiger partial charge in [0.1, 0.15) is 0 Å². The monoisotopic (exact) mass is 306 g/mol. The minimum atomic E-state index is 0.377. The Morgan fingerprint density at radius 2 is 2.00 bits per heavy atom. The Bertz CT molecular complexity index is 607. The van der Waals surface area contributed by atoms with Crippen molar-refractivity contribution in [3.8, 4) is 0 Å². The number of aromatic nitrogens is 5. The number of hydrogen-bond acceptors (Lipinski definition) is 8. The number of nitrogens with two attached hydrogens (primary N) is 1. The van der Waals surface area contributed by atoms with Gasteiger partial charge in [-0.2, -0.15) is 15.0 Å². The van der Waals surface area contributed by atoms with Gasteiger partial charge in [0.05, 0.1) is 0 Å². The molecular weight excluding hydrogens is 288 g/mol. The van der Waals surface area contributed by atoms with Gasteiger partial charge >= 0.3 is 0 Å². The Morgan fingerprint density at radius 3 is 2.67 bits per heavy atom. The van der Waals surface area contributed by atoms with Crippen molar-refractivity contribution in [2.45, 2.75) is 29.6 Å². The predicted octanol–water partition coefficient (Wildman–Crippen LogP) is 1.03. The minimum absolute atomic E-state index is 0.377. The van der Waals surface area contributed by atoms with Gasteiger partial charge in [0.15, 0.2) is 5.16 Å². The first kappa shape index (κ1) is 14.1. The molecule has 0 bridgehead atoms. The van der Waals surface area contributed by atoms with Crippen molar-refractivity contribution >= 4 is 23.7 Å². The van der Waals surface area contributed by atoms with Gasteiger partial charge in [-0.15, -0.1) is 0 Å². The van der Waals surface area contributed by atoms with E-state index < -0.39 is 0 Å². The fraction of sp³-hybridized carbons (Fsp3) is 0.500. The molecule has 3 N–H and O–H groups in total. The summed E-state index contributed by atoms with van der Waals surface area (Å²) in [4.78, 5) is 19.6. The molecule has 0 spiro atoms. The van der Waals surface area contributed by atoms with Gasteiger partial charge in [0.2, 0.25) is 17.1 Å². The summed E-state index contributed by atoms with van der Waals surface area (Å²) in [6.45, 7) is 1.95. The molecule has 1 fully saturated rings. The molecule has 0 aromatic carbocycles. The highest BCUT2D eigenvalue weighted by Gasteiger charge is 2.17. The van der Waals surface area contributed by atoms with Crippen LogP contribution in [0.3, 0.4) is 0 Å². The lowest BCUT2D eigenvalue weighted by atomic mass is 10.1. The second kappa shape index (κ2) is 6.27. The van der Waals surface area contributed by atoms with Gasteiger partial charge in [-0.3, -0.25) is 5.43 Å². The molecule has 0 aliphatic carbocycles. The standard InChI is InChI=1S/C12H18N8S/c1-19-8-5-14-12(19)21-11-16-9(18-13)15-10(17-11)20-6-3-2-4-7-20/h5,8H,2-4,6-7,13H2,1H3,(H,15,16,17,18). The predicted molar refractivity (Wildman–Crippen MR) is 81.0 cm³/mol. The van der Waals surface area contributed by atoms with Gasteiger partial charge in [0, 0.05) is 32.5 Å². The van der Waals surface area contributed by atoms with Crippen molar-refractivity contribution in [1.82, 2.24) is 24.5 Å². The molecule has 9 heteroatoms. The Hall–Kier alpha value is -1.87. The zero-order chi connectivity index (χ0) is 14.7. The molecule has 0 unspecified atom stereocenters. The van der Waals surface area contributed by atoms with Gasteiger partial charge in [-0.05, 0) is 31.0 Å². The zero-order valence-corrected chi connectivity index (χ0v) is 12.7. The Labute approximate surface area is 127 Å². The smallest absolute Gasteiger partial charge is 0.242 e. The quantitative estimate of drug-likeness (QED) is 0.638. The fourth-order valence-corrected chi connectivity index (χ4v) is 2.96. The van der Waals surface area contributed by atoms with Crippen LogP contribution in [0.5, 0.6) is 0 Å². The molecular formula is C12H18N8S. The number of imidazole rings is 1. The summed E-state index contributed by atoms with van der Waals surface area (Å²) in [6.07, 6.45) is 7.23. The van der Waals surface area contributed by atoms with Gasteiger partial charge < -0.3 is 9.47 Å². The molecule has 3 heterocycles. The SMILES string of the molecule is Cn1ccnc1Sc1nc(NN)nc(N2CCCCC2)n1. The summed E-state index contributed by atoms with van der Waals surface area (Å²) in [5, 5.41) is 1.42. The van der Waals surface area contributed by atoms with E-state index in [2.05, 4.69) is 30.3 Å². The number of aryl methyl sites for hydroxylation is 1. The lowest BCUT2D eigenvalue weighted by Gasteiger charge is -2.26. The molecule has 3 rings (SSSR count). The topological polar surface area (TPSA) is 97.8 Å². The number of nitrogen functional groups attached to an aromatic ring is 1. The first-order chi connectivity index (χ1) is 10.3. The fourth-order valence-electron chi connectivity index (χ4n) is 2.22. The summed E-state index contributed by atoms with van der Waals surface area (Å²) in [7, 11) is 1.93. The van der Waals surface area contributed by atoms with E-state index in [0.717, 1.165) is 18.2 Å². The molecule has 21 heavy (non-hydrogen) atoms. The molecule has 8 nitrogen and oxygen atoms in total. The van der Waals surface area contributed by atoms with Crippen LogP contribution >= 0.6 is 11.8 Å². The van der Waals surface area contributed by atoms with Gasteiger partial charge in [-0.1, -0.05) is 0 Å². The first-order valence-corrected chi connectivity index (χ1v) is 7.71. The van der Waals surface area contributed by atoms with Crippen LogP contribution in [0.2, 0.25) is 0 Å². The maximum atomic E-state index is 5.47. The third-order valence-corrected chi connectivity index (χ3v) is 4.27. The average molecular weight is 306 g/mol. The summed E-state index contributed by atoms with van der Waals surface area (Å²) in [5.74, 6) is 6.52. The highest BCUT2D eigenvalue weighted by Crippen LogP contribution is 2.25. The van der Waals surface area contributed by atoms with Crippen molar-refractivity contribution in [1.29, 1.82) is 0 Å². The van der Waals surface area contributed by atoms with Crippen LogP contribution in [-0.2, 0) is 7.05 Å². The first-order valence-electron chi connectivity index (χ1n) is 6.89. The van der Waals surface area contributed by atoms with E-state index in [-0.39, 0.29) is 0 Å². The average Bonchev–Trinajstić information content (AvgIpc) is 2.93. The van der Waals surface area contributed by atoms with Crippen LogP contribution < -0.4 is 16.2 Å².